The topological polar surface area (TPSA) is 77.5 Å². The van der Waals surface area contributed by atoms with Crippen LogP contribution in [-0.2, 0) is 20.9 Å². The predicted molar refractivity (Wildman–Crippen MR) is 98.3 cm³/mol. The van der Waals surface area contributed by atoms with Gasteiger partial charge in [0.2, 0.25) is 5.91 Å². The van der Waals surface area contributed by atoms with E-state index < -0.39 is 12.0 Å². The molecule has 0 bridgehead atoms. The number of ether oxygens (including phenoxy) is 2. The highest BCUT2D eigenvalue weighted by atomic mass is 16.5. The molecule has 6 nitrogen and oxygen atoms in total. The van der Waals surface area contributed by atoms with Gasteiger partial charge in [-0.15, -0.1) is 0 Å². The average Bonchev–Trinajstić information content (AvgIpc) is 2.66. The number of pyridine rings is 1. The van der Waals surface area contributed by atoms with E-state index in [2.05, 4.69) is 10.3 Å². The molecule has 1 heterocycles. The lowest BCUT2D eigenvalue weighted by atomic mass is 10.2. The Kier molecular flexibility index (Phi) is 7.36. The van der Waals surface area contributed by atoms with Gasteiger partial charge in [0.25, 0.3) is 0 Å². The van der Waals surface area contributed by atoms with Crippen molar-refractivity contribution >= 4 is 18.0 Å². The summed E-state index contributed by atoms with van der Waals surface area (Å²) in [6.45, 7) is 3.97. The fraction of sp³-hybridized carbons (Fsp3) is 0.250. The van der Waals surface area contributed by atoms with E-state index in [0.717, 1.165) is 11.3 Å². The van der Waals surface area contributed by atoms with E-state index in [-0.39, 0.29) is 12.5 Å². The zero-order valence-corrected chi connectivity index (χ0v) is 14.8. The summed E-state index contributed by atoms with van der Waals surface area (Å²) < 4.78 is 10.5. The summed E-state index contributed by atoms with van der Waals surface area (Å²) in [5.74, 6) is -0.0992. The highest BCUT2D eigenvalue weighted by molar-refractivity contribution is 5.94. The van der Waals surface area contributed by atoms with Gasteiger partial charge in [-0.05, 0) is 49.8 Å². The number of amides is 1. The maximum atomic E-state index is 11.8. The highest BCUT2D eigenvalue weighted by Gasteiger charge is 2.14. The Labute approximate surface area is 152 Å². The van der Waals surface area contributed by atoms with Crippen LogP contribution >= 0.6 is 0 Å². The second-order valence-electron chi connectivity index (χ2n) is 5.49. The van der Waals surface area contributed by atoms with Crippen LogP contribution in [0, 0.1) is 0 Å². The van der Waals surface area contributed by atoms with Crippen molar-refractivity contribution in [3.8, 4) is 5.75 Å². The van der Waals surface area contributed by atoms with E-state index in [1.165, 1.54) is 6.08 Å². The molecule has 0 fully saturated rings. The number of nitrogens with zero attached hydrogens (tertiary/aromatic N) is 1. The third kappa shape index (κ3) is 6.39. The average molecular weight is 354 g/mol. The zero-order valence-electron chi connectivity index (χ0n) is 14.8. The Morgan fingerprint density at radius 1 is 1.19 bits per heavy atom. The first-order valence-corrected chi connectivity index (χ1v) is 8.36. The van der Waals surface area contributed by atoms with Crippen molar-refractivity contribution in [3.63, 3.8) is 0 Å². The summed E-state index contributed by atoms with van der Waals surface area (Å²) in [5.41, 5.74) is 1.69. The van der Waals surface area contributed by atoms with Crippen molar-refractivity contribution in [2.75, 3.05) is 6.61 Å². The summed E-state index contributed by atoms with van der Waals surface area (Å²) in [7, 11) is 0. The lowest BCUT2D eigenvalue weighted by molar-refractivity contribution is -0.146. The first kappa shape index (κ1) is 19.2. The van der Waals surface area contributed by atoms with Crippen molar-refractivity contribution < 1.29 is 19.1 Å². The number of hydrogen-bond acceptors (Lipinski definition) is 5. The van der Waals surface area contributed by atoms with Gasteiger partial charge in [-0.2, -0.15) is 0 Å². The van der Waals surface area contributed by atoms with Gasteiger partial charge >= 0.3 is 5.97 Å². The number of aromatic nitrogens is 1. The summed E-state index contributed by atoms with van der Waals surface area (Å²) in [4.78, 5) is 27.5. The van der Waals surface area contributed by atoms with Gasteiger partial charge in [0.15, 0.2) is 0 Å². The molecule has 0 radical (unpaired) electrons. The van der Waals surface area contributed by atoms with Crippen molar-refractivity contribution in [2.45, 2.75) is 26.5 Å². The Morgan fingerprint density at radius 2 is 1.96 bits per heavy atom. The molecular formula is C20H22N2O4. The van der Waals surface area contributed by atoms with Gasteiger partial charge in [0, 0.05) is 12.3 Å². The fourth-order valence-electron chi connectivity index (χ4n) is 2.08. The maximum absolute atomic E-state index is 11.8. The Bertz CT molecular complexity index is 742. The summed E-state index contributed by atoms with van der Waals surface area (Å²) in [6.07, 6.45) is 4.76. The molecular weight excluding hydrogens is 332 g/mol. The standard InChI is InChI=1S/C20H22N2O4/c1-3-25-20(24)15(2)22-19(23)12-9-16-7-10-18(11-8-16)26-14-17-6-4-5-13-21-17/h4-13,15H,3,14H2,1-2H3,(H,22,23)/b12-9+. The number of hydrogen-bond donors (Lipinski definition) is 1. The molecule has 1 atom stereocenters. The molecule has 1 aromatic carbocycles. The normalized spacial score (nSPS) is 11.8. The van der Waals surface area contributed by atoms with Crippen LogP contribution in [0.1, 0.15) is 25.1 Å². The van der Waals surface area contributed by atoms with Crippen LogP contribution in [0.5, 0.6) is 5.75 Å². The molecule has 0 saturated carbocycles. The first-order chi connectivity index (χ1) is 12.6. The van der Waals surface area contributed by atoms with E-state index >= 15 is 0 Å². The van der Waals surface area contributed by atoms with Crippen LogP contribution in [0.2, 0.25) is 0 Å². The third-order valence-corrected chi connectivity index (χ3v) is 3.42. The summed E-state index contributed by atoms with van der Waals surface area (Å²) in [5, 5.41) is 2.55. The molecule has 136 valence electrons. The molecule has 6 heteroatoms. The molecule has 0 aliphatic heterocycles. The number of rotatable bonds is 8. The zero-order chi connectivity index (χ0) is 18.8. The smallest absolute Gasteiger partial charge is 0.328 e. The Morgan fingerprint density at radius 3 is 2.62 bits per heavy atom. The van der Waals surface area contributed by atoms with Crippen molar-refractivity contribution in [3.05, 3.63) is 66.0 Å². The molecule has 1 unspecified atom stereocenters. The van der Waals surface area contributed by atoms with Gasteiger partial charge < -0.3 is 14.8 Å². The largest absolute Gasteiger partial charge is 0.487 e. The second kappa shape index (κ2) is 9.98. The minimum Gasteiger partial charge on any atom is -0.487 e. The molecule has 2 aromatic rings. The molecule has 0 aliphatic rings. The molecule has 0 aliphatic carbocycles. The van der Waals surface area contributed by atoms with Crippen LogP contribution < -0.4 is 10.1 Å². The lowest BCUT2D eigenvalue weighted by Crippen LogP contribution is -2.38. The summed E-state index contributed by atoms with van der Waals surface area (Å²) >= 11 is 0. The first-order valence-electron chi connectivity index (χ1n) is 8.36. The maximum Gasteiger partial charge on any atom is 0.328 e. The van der Waals surface area contributed by atoms with Gasteiger partial charge in [-0.25, -0.2) is 4.79 Å². The third-order valence-electron chi connectivity index (χ3n) is 3.42. The molecule has 2 rings (SSSR count). The molecule has 1 N–H and O–H groups in total. The monoisotopic (exact) mass is 354 g/mol. The van der Waals surface area contributed by atoms with E-state index in [1.807, 2.05) is 42.5 Å². The molecule has 1 amide bonds. The molecule has 26 heavy (non-hydrogen) atoms. The van der Waals surface area contributed by atoms with Gasteiger partial charge in [-0.3, -0.25) is 9.78 Å². The lowest BCUT2D eigenvalue weighted by Gasteiger charge is -2.10. The highest BCUT2D eigenvalue weighted by Crippen LogP contribution is 2.14. The van der Waals surface area contributed by atoms with E-state index in [4.69, 9.17) is 9.47 Å². The SMILES string of the molecule is CCOC(=O)C(C)NC(=O)/C=C/c1ccc(OCc2ccccn2)cc1. The Balaban J connectivity index is 1.83. The minimum absolute atomic E-state index is 0.281. The summed E-state index contributed by atoms with van der Waals surface area (Å²) in [6, 6.07) is 12.3. The predicted octanol–water partition coefficient (Wildman–Crippen LogP) is 2.74. The van der Waals surface area contributed by atoms with Crippen molar-refractivity contribution in [2.24, 2.45) is 0 Å². The van der Waals surface area contributed by atoms with E-state index in [1.54, 1.807) is 26.1 Å². The number of nitrogens with one attached hydrogen (secondary N) is 1. The van der Waals surface area contributed by atoms with Gasteiger partial charge in [-0.1, -0.05) is 18.2 Å². The van der Waals surface area contributed by atoms with Crippen LogP contribution in [0.3, 0.4) is 0 Å². The van der Waals surface area contributed by atoms with Crippen molar-refractivity contribution in [1.82, 2.24) is 10.3 Å². The molecule has 0 saturated heterocycles. The number of benzene rings is 1. The molecule has 1 aromatic heterocycles. The number of carbonyl (C=O) groups excluding carboxylic acids is 2. The fourth-order valence-corrected chi connectivity index (χ4v) is 2.08. The number of esters is 1. The van der Waals surface area contributed by atoms with Crippen LogP contribution in [0.4, 0.5) is 0 Å². The minimum atomic E-state index is -0.686. The van der Waals surface area contributed by atoms with Crippen LogP contribution in [0.25, 0.3) is 6.08 Å². The van der Waals surface area contributed by atoms with Crippen LogP contribution in [0.15, 0.2) is 54.7 Å². The molecule has 0 spiro atoms. The van der Waals surface area contributed by atoms with E-state index in [9.17, 15) is 9.59 Å². The van der Waals surface area contributed by atoms with Gasteiger partial charge in [0.05, 0.1) is 12.3 Å². The quantitative estimate of drug-likeness (QED) is 0.583. The van der Waals surface area contributed by atoms with Crippen LogP contribution in [-0.4, -0.2) is 29.5 Å². The van der Waals surface area contributed by atoms with E-state index in [0.29, 0.717) is 12.4 Å². The van der Waals surface area contributed by atoms with Gasteiger partial charge in [0.1, 0.15) is 18.4 Å². The second-order valence-corrected chi connectivity index (χ2v) is 5.49. The van der Waals surface area contributed by atoms with Crippen molar-refractivity contribution in [1.29, 1.82) is 0 Å². The Hall–Kier alpha value is -3.15. The number of carbonyl (C=O) groups is 2.